The third-order valence-electron chi connectivity index (χ3n) is 12.1. The van der Waals surface area contributed by atoms with E-state index in [1.54, 1.807) is 41.5 Å². The number of anilines is 2. The summed E-state index contributed by atoms with van der Waals surface area (Å²) in [5.41, 5.74) is 16.4. The number of aromatic nitrogens is 2. The number of epoxide rings is 1. The first-order valence-corrected chi connectivity index (χ1v) is 21.4. The molecule has 4 aromatic rings. The molecule has 1 aliphatic carbocycles. The number of carbonyl (C=O) groups excluding carboxylic acids is 1. The Bertz CT molecular complexity index is 2620. The summed E-state index contributed by atoms with van der Waals surface area (Å²) in [6.07, 6.45) is 11.2. The Hall–Kier alpha value is -5.09. The predicted molar refractivity (Wildman–Crippen MR) is 219 cm³/mol. The van der Waals surface area contributed by atoms with Crippen molar-refractivity contribution in [1.82, 2.24) is 9.97 Å². The molecule has 292 valence electrons. The SMILES string of the molecule is Cc1cc(=O)c2c(O)c3c(cc2o1)OC1(C)CC2C=CC1(C3)OC(=O)C1(C)OC1CCc1cc(N)nc(c1)-c1cc(C[NH+]3C=C4C=CN=C4C3)nc(N)c1CSS2. The summed E-state index contributed by atoms with van der Waals surface area (Å²) in [5, 5.41) is 11.5. The smallest absolute Gasteiger partial charge is 0.341 e. The minimum Gasteiger partial charge on any atom is -0.507 e. The van der Waals surface area contributed by atoms with Gasteiger partial charge in [0.1, 0.15) is 64.9 Å². The summed E-state index contributed by atoms with van der Waals surface area (Å²) in [7, 11) is 3.30. The van der Waals surface area contributed by atoms with Gasteiger partial charge in [0.15, 0.2) is 22.2 Å². The van der Waals surface area contributed by atoms with Crippen LogP contribution >= 0.6 is 21.6 Å². The standard InChI is InChI=1S/C42H40N6O7S2/c1-21-10-31(49)36-33(52-21)14-32-27(37(36)50)16-42-8-6-25(15-40(42,2)53-32)57-56-20-28-26(13-24(46-38(28)44)18-48-17-23-7-9-45-30(23)19-48)29-11-22(12-35(43)47-29)4-5-34-41(3,54-34)39(51)55-42/h6-14,17,25,34,50H,4-5,15-16,18-20H2,1-3H3,(H2,43,47)(H2,44,46)/p+1. The third kappa shape index (κ3) is 6.05. The molecular weight excluding hydrogens is 765 g/mol. The molecule has 0 saturated carbocycles. The molecule has 6 N–H and O–H groups in total. The van der Waals surface area contributed by atoms with Gasteiger partial charge in [-0.1, -0.05) is 27.7 Å². The van der Waals surface area contributed by atoms with Crippen LogP contribution in [0.25, 0.3) is 22.2 Å². The predicted octanol–water partition coefficient (Wildman–Crippen LogP) is 4.67. The fraction of sp³-hybridized carbons (Fsp3) is 0.357. The Morgan fingerprint density at radius 1 is 1.07 bits per heavy atom. The van der Waals surface area contributed by atoms with Crippen molar-refractivity contribution in [2.24, 2.45) is 4.99 Å². The topological polar surface area (TPSA) is 193 Å². The summed E-state index contributed by atoms with van der Waals surface area (Å²) in [6, 6.07) is 8.97. The van der Waals surface area contributed by atoms with Gasteiger partial charge >= 0.3 is 5.97 Å². The van der Waals surface area contributed by atoms with Crippen LogP contribution in [-0.2, 0) is 39.4 Å². The zero-order valence-corrected chi connectivity index (χ0v) is 33.2. The number of aromatic hydroxyl groups is 1. The normalized spacial score (nSPS) is 29.8. The molecule has 13 nitrogen and oxygen atoms in total. The van der Waals surface area contributed by atoms with Gasteiger partial charge in [-0.15, -0.1) is 0 Å². The number of fused-ring (bicyclic) bond motifs is 7. The summed E-state index contributed by atoms with van der Waals surface area (Å²) >= 11 is 0. The van der Waals surface area contributed by atoms with Gasteiger partial charge in [-0.05, 0) is 69.5 Å². The maximum Gasteiger partial charge on any atom is 0.341 e. The highest BCUT2D eigenvalue weighted by molar-refractivity contribution is 8.76. The van der Waals surface area contributed by atoms with Gasteiger partial charge < -0.3 is 35.2 Å². The van der Waals surface area contributed by atoms with Crippen LogP contribution in [0.1, 0.15) is 54.8 Å². The number of ether oxygens (including phenoxy) is 3. The van der Waals surface area contributed by atoms with Crippen LogP contribution in [0.2, 0.25) is 0 Å². The molecule has 4 bridgehead atoms. The fourth-order valence-corrected chi connectivity index (χ4v) is 11.6. The molecule has 6 aliphatic heterocycles. The first kappa shape index (κ1) is 36.3. The molecule has 3 aromatic heterocycles. The van der Waals surface area contributed by atoms with Crippen LogP contribution in [0.15, 0.2) is 80.7 Å². The number of nitrogens with two attached hydrogens (primary N) is 2. The molecular formula is C42H41N6O7S2+. The molecule has 6 unspecified atom stereocenters. The Morgan fingerprint density at radius 3 is 2.77 bits per heavy atom. The van der Waals surface area contributed by atoms with E-state index in [4.69, 9.17) is 40.1 Å². The van der Waals surface area contributed by atoms with Crippen molar-refractivity contribution in [3.05, 3.63) is 105 Å². The van der Waals surface area contributed by atoms with Crippen LogP contribution < -0.4 is 26.5 Å². The number of nitrogen functional groups attached to an aromatic ring is 2. The number of carbonyl (C=O) groups is 1. The van der Waals surface area contributed by atoms with Gasteiger partial charge in [-0.25, -0.2) is 14.8 Å². The molecule has 7 aliphatic rings. The number of hydrogen-bond acceptors (Lipinski definition) is 14. The van der Waals surface area contributed by atoms with E-state index in [-0.39, 0.29) is 33.8 Å². The lowest BCUT2D eigenvalue weighted by molar-refractivity contribution is -0.848. The number of aryl methyl sites for hydroxylation is 2. The monoisotopic (exact) mass is 805 g/mol. The van der Waals surface area contributed by atoms with E-state index in [0.29, 0.717) is 66.0 Å². The minimum atomic E-state index is -1.32. The molecule has 9 heterocycles. The number of allylic oxidation sites excluding steroid dienone is 1. The Labute approximate surface area is 335 Å². The fourth-order valence-electron chi connectivity index (χ4n) is 8.91. The number of hydrogen-bond donors (Lipinski definition) is 4. The van der Waals surface area contributed by atoms with Gasteiger partial charge in [-0.3, -0.25) is 14.7 Å². The first-order chi connectivity index (χ1) is 27.3. The number of rotatable bonds is 2. The van der Waals surface area contributed by atoms with E-state index in [9.17, 15) is 14.7 Å². The molecule has 57 heavy (non-hydrogen) atoms. The van der Waals surface area contributed by atoms with Crippen molar-refractivity contribution in [3.63, 3.8) is 0 Å². The molecule has 15 heteroatoms. The number of phenols is 1. The number of quaternary nitrogens is 1. The second kappa shape index (κ2) is 13.0. The van der Waals surface area contributed by atoms with Crippen LogP contribution in [0, 0.1) is 6.92 Å². The quantitative estimate of drug-likeness (QED) is 0.0947. The van der Waals surface area contributed by atoms with Crippen molar-refractivity contribution in [2.75, 3.05) is 18.0 Å². The average Bonchev–Trinajstić information content (AvgIpc) is 3.40. The lowest BCUT2D eigenvalue weighted by Gasteiger charge is -2.52. The number of phenolic OH excluding ortho intramolecular Hbond substituents is 1. The van der Waals surface area contributed by atoms with Crippen molar-refractivity contribution in [2.45, 2.75) is 86.9 Å². The van der Waals surface area contributed by atoms with Gasteiger partial charge in [0, 0.05) is 58.9 Å². The molecule has 1 saturated heterocycles. The summed E-state index contributed by atoms with van der Waals surface area (Å²) in [4.78, 5) is 42.7. The van der Waals surface area contributed by atoms with Crippen molar-refractivity contribution in [3.8, 4) is 22.8 Å². The van der Waals surface area contributed by atoms with Crippen LogP contribution in [0.4, 0.5) is 11.6 Å². The number of aliphatic imine (C=N–C) groups is 1. The minimum absolute atomic E-state index is 0.0574. The van der Waals surface area contributed by atoms with E-state index >= 15 is 0 Å². The van der Waals surface area contributed by atoms with Gasteiger partial charge in [0.25, 0.3) is 0 Å². The average molecular weight is 806 g/mol. The third-order valence-corrected chi connectivity index (χ3v) is 14.7. The second-order valence-electron chi connectivity index (χ2n) is 16.1. The van der Waals surface area contributed by atoms with Crippen molar-refractivity contribution < 1.29 is 33.4 Å². The van der Waals surface area contributed by atoms with Crippen LogP contribution in [0.5, 0.6) is 11.5 Å². The zero-order chi connectivity index (χ0) is 39.4. The number of benzene rings is 1. The second-order valence-corrected chi connectivity index (χ2v) is 18.7. The van der Waals surface area contributed by atoms with Crippen LogP contribution in [0.3, 0.4) is 0 Å². The highest BCUT2D eigenvalue weighted by atomic mass is 33.1. The molecule has 1 spiro atoms. The zero-order valence-electron chi connectivity index (χ0n) is 31.6. The first-order valence-electron chi connectivity index (χ1n) is 19.0. The molecule has 1 fully saturated rings. The van der Waals surface area contributed by atoms with Gasteiger partial charge in [-0.2, -0.15) is 0 Å². The highest BCUT2D eigenvalue weighted by Gasteiger charge is 2.64. The van der Waals surface area contributed by atoms with Gasteiger partial charge in [0.05, 0.1) is 23.1 Å². The van der Waals surface area contributed by atoms with Gasteiger partial charge in [0.2, 0.25) is 0 Å². The Morgan fingerprint density at radius 2 is 1.93 bits per heavy atom. The molecule has 6 atom stereocenters. The lowest BCUT2D eigenvalue weighted by atomic mass is 9.70. The van der Waals surface area contributed by atoms with E-state index in [0.717, 1.165) is 40.2 Å². The van der Waals surface area contributed by atoms with Crippen molar-refractivity contribution >= 4 is 55.9 Å². The summed E-state index contributed by atoms with van der Waals surface area (Å²) in [6.45, 7) is 6.77. The van der Waals surface area contributed by atoms with Crippen LogP contribution in [-0.4, -0.2) is 61.5 Å². The van der Waals surface area contributed by atoms with E-state index in [2.05, 4.69) is 17.3 Å². The molecule has 1 aromatic carbocycles. The number of esters is 1. The van der Waals surface area contributed by atoms with E-state index in [1.807, 2.05) is 43.5 Å². The molecule has 0 amide bonds. The highest BCUT2D eigenvalue weighted by Crippen LogP contribution is 2.54. The van der Waals surface area contributed by atoms with E-state index < -0.39 is 28.9 Å². The molecule has 11 rings (SSSR count). The summed E-state index contributed by atoms with van der Waals surface area (Å²) < 4.78 is 25.3. The maximum absolute atomic E-state index is 14.2. The number of pyridine rings is 2. The van der Waals surface area contributed by atoms with Crippen molar-refractivity contribution in [1.29, 1.82) is 0 Å². The Balaban J connectivity index is 1.02. The number of nitrogens with one attached hydrogen (secondary N) is 1. The Kier molecular flexibility index (Phi) is 8.25. The van der Waals surface area contributed by atoms with E-state index in [1.165, 1.54) is 11.0 Å². The summed E-state index contributed by atoms with van der Waals surface area (Å²) in [5.74, 6) is 1.39. The largest absolute Gasteiger partial charge is 0.507 e. The number of nitrogens with zero attached hydrogens (tertiary/aromatic N) is 3. The molecule has 0 radical (unpaired) electrons. The lowest BCUT2D eigenvalue weighted by Crippen LogP contribution is -3.05. The maximum atomic E-state index is 14.2.